The highest BCUT2D eigenvalue weighted by molar-refractivity contribution is 5.73. The molecule has 139 heavy (non-hydrogen) atoms. The van der Waals surface area contributed by atoms with E-state index in [2.05, 4.69) is 10.6 Å². The molecule has 12 rings (SSSR count). The summed E-state index contributed by atoms with van der Waals surface area (Å²) in [5, 5.41) is 409. The van der Waals surface area contributed by atoms with Crippen molar-refractivity contribution in [1.29, 1.82) is 0 Å². The van der Waals surface area contributed by atoms with Crippen molar-refractivity contribution in [3.8, 4) is 0 Å². The Morgan fingerprint density at radius 3 is 0.777 bits per heavy atom. The van der Waals surface area contributed by atoms with Gasteiger partial charge in [0.15, 0.2) is 75.5 Å². The number of nitrogens with one attached hydrogen (secondary N) is 2. The Balaban J connectivity index is 0.927. The Kier molecular flexibility index (Phi) is 41.0. The van der Waals surface area contributed by atoms with Crippen LogP contribution in [0.3, 0.4) is 0 Å². The van der Waals surface area contributed by atoms with Gasteiger partial charge in [-0.3, -0.25) is 9.59 Å². The first-order valence-electron chi connectivity index (χ1n) is 44.2. The Morgan fingerprint density at radius 2 is 0.410 bits per heavy atom. The number of carbonyl (C=O) groups is 2. The summed E-state index contributed by atoms with van der Waals surface area (Å²) in [6, 6.07) is -3.79. The summed E-state index contributed by atoms with van der Waals surface area (Å²) in [4.78, 5) is 25.5. The summed E-state index contributed by atoms with van der Waals surface area (Å²) in [7, 11) is 0. The largest absolute Gasteiger partial charge is 0.394 e. The second kappa shape index (κ2) is 49.8. The Labute approximate surface area is 784 Å². The Hall–Kier alpha value is -3.42. The Bertz CT molecular complexity index is 3730. The zero-order valence-electron chi connectivity index (χ0n) is 73.4. The zero-order chi connectivity index (χ0) is 102. The predicted molar refractivity (Wildman–Crippen MR) is 418 cm³/mol. The van der Waals surface area contributed by atoms with Crippen molar-refractivity contribution in [2.75, 3.05) is 79.3 Å². The van der Waals surface area contributed by atoms with Gasteiger partial charge in [0.25, 0.3) is 0 Å². The summed E-state index contributed by atoms with van der Waals surface area (Å²) in [6.07, 6.45) is -132. The molecule has 60 atom stereocenters. The molecule has 12 aliphatic rings. The predicted octanol–water partition coefficient (Wildman–Crippen LogP) is -26.9. The van der Waals surface area contributed by atoms with Gasteiger partial charge in [0.05, 0.1) is 79.3 Å². The number of amides is 2. The topological polar surface area (TPSA) is 999 Å². The van der Waals surface area contributed by atoms with Gasteiger partial charge in [-0.15, -0.1) is 0 Å². The van der Waals surface area contributed by atoms with Gasteiger partial charge in [-0.25, -0.2) is 0 Å². The van der Waals surface area contributed by atoms with Crippen LogP contribution in [0.5, 0.6) is 0 Å². The summed E-state index contributed by atoms with van der Waals surface area (Å²) < 4.78 is 137. The molecular formula is C76H128N2O61. The van der Waals surface area contributed by atoms with Crippen LogP contribution in [0.15, 0.2) is 0 Å². The normalized spacial score (nSPS) is 51.9. The zero-order valence-corrected chi connectivity index (χ0v) is 73.4. The van der Waals surface area contributed by atoms with Gasteiger partial charge in [-0.2, -0.15) is 0 Å². The number of rotatable bonds is 36. The van der Waals surface area contributed by atoms with E-state index in [0.717, 1.165) is 13.8 Å². The van der Waals surface area contributed by atoms with Crippen molar-refractivity contribution < 1.29 is 302 Å². The first-order chi connectivity index (χ1) is 65.9. The van der Waals surface area contributed by atoms with E-state index in [-0.39, 0.29) is 0 Å². The first-order valence-corrected chi connectivity index (χ1v) is 44.2. The highest BCUT2D eigenvalue weighted by Crippen LogP contribution is 2.43. The third kappa shape index (κ3) is 24.5. The second-order valence-electron chi connectivity index (χ2n) is 35.2. The molecule has 0 aromatic rings. The molecule has 12 fully saturated rings. The minimum Gasteiger partial charge on any atom is -0.394 e. The molecule has 0 saturated carbocycles. The van der Waals surface area contributed by atoms with E-state index in [9.17, 15) is 193 Å². The standard InChI is InChI=1S/C76H128N2O61/c1-15(89)77-29-41(101)56(25(11-87)119-65(29)116)131-66-30(78-16(2)90)42(102)57(26(12-88)128-66)132-72-55(115)59(134-75-63(49(109)37(97)23(9-85)126-75)138-76-64(139-71-53(113)46(106)34(94)20(6-82)123-71)60(38(98)24(10-86)127-76)135-68-50(110)43(103)31(91)17(3-79)120-68)40(100)28(130-72)13-117-67-54(114)58(133-74-62(48(108)36(96)22(8-84)125-74)137-70-52(112)45(105)33(93)19(5-81)122-70)39(99)27(129-67)14-118-73-61(47(107)35(95)21(7-83)124-73)136-69-51(111)44(104)32(92)18(4-80)121-69/h17-76,79-88,91-116H,3-14H2,1-2H3,(H,77,89)(H,78,90)/t17-,18-,19-,20-,21-,22-,23-,24-,25-,26-,27-,28-,29-,30-,31+,32-,33-,34-,35-,36-,37-,38-,39-,40-,41-,42-,43+,44+,45+,46+,47+,48+,49+,50-,51+,52+,53+,54+,55+,56-,57-,58+,59+,60+,61+,62+,63+,64+,65?,66+,67+,68-,69-,70-,71-,72+,73+,74-,75-,76-/m1/s1. The van der Waals surface area contributed by atoms with Crippen molar-refractivity contribution in [1.82, 2.24) is 10.6 Å². The van der Waals surface area contributed by atoms with Gasteiger partial charge in [-0.1, -0.05) is 0 Å². The van der Waals surface area contributed by atoms with Crippen LogP contribution in [0.25, 0.3) is 0 Å². The van der Waals surface area contributed by atoms with Gasteiger partial charge in [0.2, 0.25) is 11.8 Å². The number of ether oxygens (including phenoxy) is 23. The molecule has 0 spiro atoms. The molecule has 1 unspecified atom stereocenters. The lowest BCUT2D eigenvalue weighted by molar-refractivity contribution is -0.417. The van der Waals surface area contributed by atoms with Crippen LogP contribution in [0.4, 0.5) is 0 Å². The van der Waals surface area contributed by atoms with Crippen LogP contribution >= 0.6 is 0 Å². The highest BCUT2D eigenvalue weighted by atomic mass is 16.8. The van der Waals surface area contributed by atoms with E-state index < -0.39 is 459 Å². The van der Waals surface area contributed by atoms with Crippen molar-refractivity contribution >= 4 is 11.8 Å². The van der Waals surface area contributed by atoms with Crippen LogP contribution in [0.2, 0.25) is 0 Å². The second-order valence-corrected chi connectivity index (χ2v) is 35.2. The first kappa shape index (κ1) is 114. The third-order valence-corrected chi connectivity index (χ3v) is 25.9. The van der Waals surface area contributed by atoms with Gasteiger partial charge in [-0.05, 0) is 0 Å². The third-order valence-electron chi connectivity index (χ3n) is 25.9. The fraction of sp³-hybridized carbons (Fsp3) is 0.974. The molecule has 12 heterocycles. The summed E-state index contributed by atoms with van der Waals surface area (Å²) in [5.74, 6) is -1.87. The van der Waals surface area contributed by atoms with Crippen molar-refractivity contribution in [3.05, 3.63) is 0 Å². The molecule has 63 nitrogen and oxygen atoms in total. The number of hydrogen-bond acceptors (Lipinski definition) is 61. The average Bonchev–Trinajstić information content (AvgIpc) is 0.749. The van der Waals surface area contributed by atoms with Gasteiger partial charge >= 0.3 is 0 Å². The van der Waals surface area contributed by atoms with Gasteiger partial charge in [0, 0.05) is 13.8 Å². The van der Waals surface area contributed by atoms with E-state index >= 15 is 0 Å². The number of hydrogen-bond donors (Lipinski definition) is 38. The van der Waals surface area contributed by atoms with Crippen LogP contribution in [-0.4, -0.2) is 643 Å². The molecule has 12 saturated heterocycles. The smallest absolute Gasteiger partial charge is 0.217 e. The molecule has 0 aliphatic carbocycles. The van der Waals surface area contributed by atoms with Gasteiger partial charge in [0.1, 0.15) is 293 Å². The lowest BCUT2D eigenvalue weighted by Gasteiger charge is -2.51. The van der Waals surface area contributed by atoms with Crippen molar-refractivity contribution in [2.24, 2.45) is 0 Å². The molecule has 38 N–H and O–H groups in total. The molecule has 0 radical (unpaired) electrons. The van der Waals surface area contributed by atoms with Crippen molar-refractivity contribution in [3.63, 3.8) is 0 Å². The molecule has 2 amide bonds. The monoisotopic (exact) mass is 2040 g/mol. The van der Waals surface area contributed by atoms with E-state index in [4.69, 9.17) is 109 Å². The molecular weight excluding hydrogens is 1920 g/mol. The van der Waals surface area contributed by atoms with E-state index in [1.54, 1.807) is 0 Å². The maximum absolute atomic E-state index is 13.2. The lowest BCUT2D eigenvalue weighted by atomic mass is 9.94. The maximum Gasteiger partial charge on any atom is 0.217 e. The number of aliphatic hydroxyl groups is 36. The van der Waals surface area contributed by atoms with E-state index in [0.29, 0.717) is 0 Å². The molecule has 12 aliphatic heterocycles. The highest BCUT2D eigenvalue weighted by Gasteiger charge is 2.64. The van der Waals surface area contributed by atoms with E-state index in [1.807, 2.05) is 0 Å². The number of carbonyl (C=O) groups excluding carboxylic acids is 2. The van der Waals surface area contributed by atoms with Crippen LogP contribution in [0, 0.1) is 0 Å². The quantitative estimate of drug-likeness (QED) is 0.0277. The maximum atomic E-state index is 13.2. The van der Waals surface area contributed by atoms with Crippen LogP contribution in [-0.2, 0) is 119 Å². The molecule has 63 heteroatoms. The minimum atomic E-state index is -2.78. The Morgan fingerprint density at radius 1 is 0.187 bits per heavy atom. The lowest BCUT2D eigenvalue weighted by Crippen LogP contribution is -2.70. The SMILES string of the molecule is CC(=O)N[C@H]1[C@H](O[C@H]2[C@H](O)[C@@H](NC(C)=O)C(O)O[C@@H]2CO)O[C@H](CO)[C@@H](O[C@@H]2O[C@H](CO[C@H]3O[C@H](CO[C@H]4O[C@H](CO)[C@@H](O)[C@H](O)[C@@H]4O[C@H]4O[C@H](CO)[C@@H](O)[C@H](O)[C@@H]4O)[C@@H](O)[C@H](O[C@H]4O[C@H](CO)[C@@H](O)[C@H](O)[C@@H]4O[C@H]4O[C@H](CO)[C@@H](O)[C@H](O)[C@@H]4O)[C@@H]3O)[C@@H](O)[C@H](O[C@H]3O[C@H](CO)[C@@H](O)[C@H](O)[C@@H]3O[C@H]3O[C@H](CO)[C@@H](O)[C@H](O[C@H]4O[C@H](CO)[C@H](O)[C@H](O)[C@H]4O)[C@@H]3O[C@H]3O[C@H](CO)[C@@H](O)[C@H](O)[C@@H]3O)[C@@H]2O)[C@@H]1O. The summed E-state index contributed by atoms with van der Waals surface area (Å²) in [5.41, 5.74) is 0. The number of aliphatic hydroxyl groups excluding tert-OH is 36. The fourth-order valence-electron chi connectivity index (χ4n) is 17.9. The minimum absolute atomic E-state index is 0.844. The van der Waals surface area contributed by atoms with Gasteiger partial charge < -0.3 is 303 Å². The summed E-state index contributed by atoms with van der Waals surface area (Å²) in [6.45, 7) is -12.6. The van der Waals surface area contributed by atoms with Crippen molar-refractivity contribution in [2.45, 2.75) is 382 Å². The molecule has 808 valence electrons. The van der Waals surface area contributed by atoms with Crippen LogP contribution < -0.4 is 10.6 Å². The molecule has 0 bridgehead atoms. The molecule has 0 aromatic carbocycles. The molecule has 0 aromatic heterocycles. The average molecular weight is 2050 g/mol. The van der Waals surface area contributed by atoms with E-state index in [1.165, 1.54) is 0 Å². The van der Waals surface area contributed by atoms with Crippen LogP contribution in [0.1, 0.15) is 13.8 Å². The fourth-order valence-corrected chi connectivity index (χ4v) is 17.9. The summed E-state index contributed by atoms with van der Waals surface area (Å²) >= 11 is 0.